The van der Waals surface area contributed by atoms with Crippen molar-refractivity contribution in [3.63, 3.8) is 0 Å². The van der Waals surface area contributed by atoms with E-state index in [0.717, 1.165) is 24.3 Å². The Kier molecular flexibility index (Phi) is 3.44. The van der Waals surface area contributed by atoms with Crippen LogP contribution in [0.2, 0.25) is 0 Å². The smallest absolute Gasteiger partial charge is 0.416 e. The maximum absolute atomic E-state index is 13.2. The first-order valence-corrected chi connectivity index (χ1v) is 5.35. The summed E-state index contributed by atoms with van der Waals surface area (Å²) in [6.45, 7) is 0. The first-order chi connectivity index (χ1) is 9.29. The summed E-state index contributed by atoms with van der Waals surface area (Å²) in [6.07, 6.45) is -3.87. The number of hydrogen-bond acceptors (Lipinski definition) is 2. The summed E-state index contributed by atoms with van der Waals surface area (Å²) >= 11 is 0. The third-order valence-electron chi connectivity index (χ3n) is 2.56. The zero-order valence-electron chi connectivity index (χ0n) is 9.78. The normalized spacial score (nSPS) is 11.4. The number of alkyl halides is 3. The second-order valence-electron chi connectivity index (χ2n) is 3.93. The molecule has 3 nitrogen and oxygen atoms in total. The fourth-order valence-corrected chi connectivity index (χ4v) is 1.69. The summed E-state index contributed by atoms with van der Waals surface area (Å²) < 4.78 is 51.0. The van der Waals surface area contributed by atoms with Gasteiger partial charge in [0.1, 0.15) is 5.82 Å². The van der Waals surface area contributed by atoms with E-state index in [9.17, 15) is 22.4 Å². The van der Waals surface area contributed by atoms with E-state index in [1.165, 1.54) is 6.07 Å². The number of carboxylic acid groups (broad SMARTS) is 1. The zero-order valence-corrected chi connectivity index (χ0v) is 9.78. The summed E-state index contributed by atoms with van der Waals surface area (Å²) in [5.74, 6) is -2.28. The van der Waals surface area contributed by atoms with Gasteiger partial charge in [-0.15, -0.1) is 0 Å². The molecule has 0 atom stereocenters. The van der Waals surface area contributed by atoms with Gasteiger partial charge in [0.25, 0.3) is 0 Å². The highest BCUT2D eigenvalue weighted by molar-refractivity contribution is 5.93. The van der Waals surface area contributed by atoms with Crippen LogP contribution in [-0.4, -0.2) is 16.1 Å². The van der Waals surface area contributed by atoms with Crippen molar-refractivity contribution in [1.82, 2.24) is 4.98 Å². The number of nitrogens with zero attached hydrogens (tertiary/aromatic N) is 1. The first-order valence-electron chi connectivity index (χ1n) is 5.35. The first kappa shape index (κ1) is 14.0. The predicted octanol–water partition coefficient (Wildman–Crippen LogP) is 3.60. The maximum Gasteiger partial charge on any atom is 0.416 e. The fourth-order valence-electron chi connectivity index (χ4n) is 1.69. The van der Waals surface area contributed by atoms with Crippen LogP contribution < -0.4 is 0 Å². The van der Waals surface area contributed by atoms with Gasteiger partial charge in [0.15, 0.2) is 5.69 Å². The molecule has 0 fully saturated rings. The fraction of sp³-hybridized carbons (Fsp3) is 0.0769. The number of pyridine rings is 1. The Balaban J connectivity index is 2.62. The number of hydrogen-bond donors (Lipinski definition) is 1. The molecular formula is C13H7F4NO2. The lowest BCUT2D eigenvalue weighted by atomic mass is 10.0. The number of aromatic nitrogens is 1. The molecule has 0 saturated heterocycles. The minimum atomic E-state index is -4.57. The SMILES string of the molecule is O=C(O)c1ncc(F)cc1-c1cccc(C(F)(F)F)c1. The van der Waals surface area contributed by atoms with Crippen molar-refractivity contribution in [2.45, 2.75) is 6.18 Å². The van der Waals surface area contributed by atoms with E-state index in [0.29, 0.717) is 6.20 Å². The van der Waals surface area contributed by atoms with Gasteiger partial charge in [-0.05, 0) is 23.8 Å². The van der Waals surface area contributed by atoms with Gasteiger partial charge in [-0.25, -0.2) is 14.2 Å². The predicted molar refractivity (Wildman–Crippen MR) is 61.6 cm³/mol. The van der Waals surface area contributed by atoms with Crippen molar-refractivity contribution >= 4 is 5.97 Å². The van der Waals surface area contributed by atoms with Crippen LogP contribution in [0, 0.1) is 5.82 Å². The highest BCUT2D eigenvalue weighted by Gasteiger charge is 2.30. The average molecular weight is 285 g/mol. The van der Waals surface area contributed by atoms with Gasteiger partial charge in [-0.2, -0.15) is 13.2 Å². The van der Waals surface area contributed by atoms with Crippen molar-refractivity contribution in [2.75, 3.05) is 0 Å². The highest BCUT2D eigenvalue weighted by Crippen LogP contribution is 2.33. The van der Waals surface area contributed by atoms with Gasteiger partial charge < -0.3 is 5.11 Å². The summed E-state index contributed by atoms with van der Waals surface area (Å²) in [4.78, 5) is 14.4. The topological polar surface area (TPSA) is 50.2 Å². The van der Waals surface area contributed by atoms with E-state index in [1.54, 1.807) is 0 Å². The zero-order chi connectivity index (χ0) is 14.9. The maximum atomic E-state index is 13.2. The van der Waals surface area contributed by atoms with E-state index >= 15 is 0 Å². The Morgan fingerprint density at radius 3 is 2.50 bits per heavy atom. The number of carboxylic acids is 1. The molecule has 0 aliphatic rings. The second-order valence-corrected chi connectivity index (χ2v) is 3.93. The van der Waals surface area contributed by atoms with Crippen molar-refractivity contribution in [2.24, 2.45) is 0 Å². The van der Waals surface area contributed by atoms with Crippen LogP contribution in [0.4, 0.5) is 17.6 Å². The van der Waals surface area contributed by atoms with Crippen LogP contribution in [0.3, 0.4) is 0 Å². The molecule has 1 N–H and O–H groups in total. The van der Waals surface area contributed by atoms with E-state index < -0.39 is 29.2 Å². The van der Waals surface area contributed by atoms with E-state index in [1.807, 2.05) is 0 Å². The summed E-state index contributed by atoms with van der Waals surface area (Å²) in [6, 6.07) is 4.82. The van der Waals surface area contributed by atoms with Crippen molar-refractivity contribution < 1.29 is 27.5 Å². The highest BCUT2D eigenvalue weighted by atomic mass is 19.4. The number of carbonyl (C=O) groups is 1. The molecule has 0 aliphatic heterocycles. The molecule has 0 radical (unpaired) electrons. The summed E-state index contributed by atoms with van der Waals surface area (Å²) in [5, 5.41) is 8.94. The Morgan fingerprint density at radius 2 is 1.90 bits per heavy atom. The van der Waals surface area contributed by atoms with Crippen LogP contribution >= 0.6 is 0 Å². The Labute approximate surface area is 110 Å². The van der Waals surface area contributed by atoms with Gasteiger partial charge in [0, 0.05) is 5.56 Å². The molecule has 0 saturated carbocycles. The van der Waals surface area contributed by atoms with Crippen LogP contribution in [0.5, 0.6) is 0 Å². The molecular weight excluding hydrogens is 278 g/mol. The average Bonchev–Trinajstić information content (AvgIpc) is 2.37. The molecule has 0 unspecified atom stereocenters. The lowest BCUT2D eigenvalue weighted by Crippen LogP contribution is -2.06. The minimum absolute atomic E-state index is 0.0655. The van der Waals surface area contributed by atoms with E-state index in [-0.39, 0.29) is 11.1 Å². The van der Waals surface area contributed by atoms with Crippen molar-refractivity contribution in [3.05, 3.63) is 53.6 Å². The van der Waals surface area contributed by atoms with Gasteiger partial charge in [0.2, 0.25) is 0 Å². The largest absolute Gasteiger partial charge is 0.476 e. The van der Waals surface area contributed by atoms with Gasteiger partial charge >= 0.3 is 12.1 Å². The van der Waals surface area contributed by atoms with Crippen molar-refractivity contribution in [3.8, 4) is 11.1 Å². The molecule has 0 spiro atoms. The molecule has 1 aromatic heterocycles. The van der Waals surface area contributed by atoms with Crippen LogP contribution in [0.15, 0.2) is 36.5 Å². The molecule has 2 aromatic rings. The third-order valence-corrected chi connectivity index (χ3v) is 2.56. The number of rotatable bonds is 2. The molecule has 1 aromatic carbocycles. The Bertz CT molecular complexity index is 668. The Hall–Kier alpha value is -2.44. The minimum Gasteiger partial charge on any atom is -0.476 e. The Morgan fingerprint density at radius 1 is 1.20 bits per heavy atom. The molecule has 0 amide bonds. The quantitative estimate of drug-likeness (QED) is 0.858. The molecule has 0 aliphatic carbocycles. The van der Waals surface area contributed by atoms with E-state index in [4.69, 9.17) is 5.11 Å². The summed E-state index contributed by atoms with van der Waals surface area (Å²) in [5.41, 5.74) is -1.73. The molecule has 104 valence electrons. The van der Waals surface area contributed by atoms with Crippen LogP contribution in [0.1, 0.15) is 16.1 Å². The lowest BCUT2D eigenvalue weighted by molar-refractivity contribution is -0.137. The molecule has 20 heavy (non-hydrogen) atoms. The van der Waals surface area contributed by atoms with Crippen LogP contribution in [0.25, 0.3) is 11.1 Å². The van der Waals surface area contributed by atoms with Gasteiger partial charge in [-0.1, -0.05) is 12.1 Å². The number of benzene rings is 1. The lowest BCUT2D eigenvalue weighted by Gasteiger charge is -2.10. The second kappa shape index (κ2) is 4.92. The molecule has 7 heteroatoms. The molecule has 1 heterocycles. The standard InChI is InChI=1S/C13H7F4NO2/c14-9-5-10(11(12(19)20)18-6-9)7-2-1-3-8(4-7)13(15,16)17/h1-6H,(H,19,20). The van der Waals surface area contributed by atoms with Crippen molar-refractivity contribution in [1.29, 1.82) is 0 Å². The van der Waals surface area contributed by atoms with Gasteiger partial charge in [-0.3, -0.25) is 0 Å². The van der Waals surface area contributed by atoms with Gasteiger partial charge in [0.05, 0.1) is 11.8 Å². The molecule has 0 bridgehead atoms. The number of aromatic carboxylic acids is 1. The van der Waals surface area contributed by atoms with E-state index in [2.05, 4.69) is 4.98 Å². The summed E-state index contributed by atoms with van der Waals surface area (Å²) in [7, 11) is 0. The monoisotopic (exact) mass is 285 g/mol. The third kappa shape index (κ3) is 2.76. The van der Waals surface area contributed by atoms with Crippen LogP contribution in [-0.2, 0) is 6.18 Å². The molecule has 2 rings (SSSR count). The number of halogens is 4.